The molecule has 2 bridgehead atoms. The Bertz CT molecular complexity index is 1180. The summed E-state index contributed by atoms with van der Waals surface area (Å²) in [5.74, 6) is 0.328. The zero-order valence-corrected chi connectivity index (χ0v) is 18.0. The molecule has 136 valence electrons. The van der Waals surface area contributed by atoms with Gasteiger partial charge in [0.15, 0.2) is 0 Å². The van der Waals surface area contributed by atoms with Crippen molar-refractivity contribution in [3.05, 3.63) is 136 Å². The van der Waals surface area contributed by atoms with Gasteiger partial charge < -0.3 is 0 Å². The van der Waals surface area contributed by atoms with E-state index in [-0.39, 0.29) is 3.46 Å². The Morgan fingerprint density at radius 3 is 1.52 bits per heavy atom. The molecule has 7 rings (SSSR count). The average Bonchev–Trinajstić information content (AvgIpc) is 2.80. The van der Waals surface area contributed by atoms with Crippen molar-refractivity contribution in [3.63, 3.8) is 0 Å². The van der Waals surface area contributed by atoms with Crippen LogP contribution in [0.25, 0.3) is 0 Å². The maximum absolute atomic E-state index is 9.20. The molecule has 3 aliphatic carbocycles. The van der Waals surface area contributed by atoms with Crippen molar-refractivity contribution in [3.8, 4) is 6.07 Å². The molecule has 0 fully saturated rings. The number of nitrogens with zero attached hydrogens (tertiary/aromatic N) is 1. The van der Waals surface area contributed by atoms with Gasteiger partial charge >= 0.3 is 181 Å². The van der Waals surface area contributed by atoms with Gasteiger partial charge in [0.2, 0.25) is 0 Å². The molecule has 0 radical (unpaired) electrons. The van der Waals surface area contributed by atoms with Gasteiger partial charge in [-0.05, 0) is 0 Å². The molecular weight excluding hydrogens is 466 g/mol. The Labute approximate surface area is 180 Å². The summed E-state index contributed by atoms with van der Waals surface area (Å²) in [5, 5.41) is 9.20. The first-order valence-corrected chi connectivity index (χ1v) is 12.1. The van der Waals surface area contributed by atoms with Crippen LogP contribution < -0.4 is 3.61 Å². The van der Waals surface area contributed by atoms with Crippen molar-refractivity contribution in [1.29, 1.82) is 5.26 Å². The molecule has 3 aliphatic rings. The Hall–Kier alpha value is -2.84. The van der Waals surface area contributed by atoms with Gasteiger partial charge in [0.25, 0.3) is 0 Å². The Morgan fingerprint density at radius 1 is 0.621 bits per heavy atom. The molecule has 29 heavy (non-hydrogen) atoms. The van der Waals surface area contributed by atoms with E-state index in [0.717, 1.165) is 5.56 Å². The molecule has 0 N–H and O–H groups in total. The third-order valence-corrected chi connectivity index (χ3v) is 10.4. The second-order valence-corrected chi connectivity index (χ2v) is 11.3. The van der Waals surface area contributed by atoms with E-state index in [0.29, 0.717) is 5.92 Å². The summed E-state index contributed by atoms with van der Waals surface area (Å²) >= 11 is -0.678. The molecule has 0 aromatic heterocycles. The summed E-state index contributed by atoms with van der Waals surface area (Å²) in [6.45, 7) is 0. The van der Waals surface area contributed by atoms with Gasteiger partial charge in [0.1, 0.15) is 0 Å². The number of rotatable bonds is 2. The van der Waals surface area contributed by atoms with Gasteiger partial charge in [-0.3, -0.25) is 0 Å². The van der Waals surface area contributed by atoms with E-state index in [1.54, 1.807) is 0 Å². The fourth-order valence-corrected chi connectivity index (χ4v) is 9.40. The van der Waals surface area contributed by atoms with Crippen LogP contribution in [0.1, 0.15) is 44.9 Å². The van der Waals surface area contributed by atoms with E-state index in [1.165, 1.54) is 37.0 Å². The summed E-state index contributed by atoms with van der Waals surface area (Å²) < 4.78 is 1.31. The minimum atomic E-state index is -0.678. The monoisotopic (exact) mass is 485 g/mol. The third kappa shape index (κ3) is 2.27. The van der Waals surface area contributed by atoms with Gasteiger partial charge in [0.05, 0.1) is 0 Å². The van der Waals surface area contributed by atoms with Crippen molar-refractivity contribution in [2.24, 2.45) is 0 Å². The fraction of sp³-hybridized carbons (Fsp3) is 0.0741. The van der Waals surface area contributed by atoms with Crippen LogP contribution in [0.3, 0.4) is 0 Å². The first-order valence-electron chi connectivity index (χ1n) is 9.80. The number of hydrogen-bond donors (Lipinski definition) is 0. The summed E-state index contributed by atoms with van der Waals surface area (Å²) in [6.07, 6.45) is 0. The summed E-state index contributed by atoms with van der Waals surface area (Å²) in [4.78, 5) is 0. The van der Waals surface area contributed by atoms with Crippen molar-refractivity contribution in [1.82, 2.24) is 0 Å². The third-order valence-electron chi connectivity index (χ3n) is 6.21. The molecule has 0 atom stereocenters. The van der Waals surface area contributed by atoms with Crippen LogP contribution in [0.15, 0.2) is 97.1 Å². The maximum atomic E-state index is 9.20. The van der Waals surface area contributed by atoms with Crippen molar-refractivity contribution >= 4 is 24.5 Å². The molecule has 4 aromatic rings. The summed E-state index contributed by atoms with van der Waals surface area (Å²) in [5.41, 5.74) is 9.56. The molecule has 0 amide bonds. The standard InChI is InChI=1S/C27H17NTe/c28-17-18-13-15-19(16-14-18)29-27-23-10-4-1-7-20(23)26(21-8-2-5-11-24(21)27)22-9-3-6-12-25(22)27/h1-16,26H. The molecule has 0 spiro atoms. The van der Waals surface area contributed by atoms with Crippen molar-refractivity contribution < 1.29 is 0 Å². The van der Waals surface area contributed by atoms with E-state index in [9.17, 15) is 5.26 Å². The molecule has 1 nitrogen and oxygen atoms in total. The van der Waals surface area contributed by atoms with Gasteiger partial charge in [-0.1, -0.05) is 0 Å². The van der Waals surface area contributed by atoms with E-state index in [4.69, 9.17) is 0 Å². The topological polar surface area (TPSA) is 23.8 Å². The average molecular weight is 483 g/mol. The number of hydrogen-bond acceptors (Lipinski definition) is 1. The SMILES string of the molecule is N#Cc1ccc([Te]C23c4ccccc4C(c4ccccc42)c2ccccc23)cc1. The van der Waals surface area contributed by atoms with Crippen LogP contribution in [0.5, 0.6) is 0 Å². The Morgan fingerprint density at radius 2 is 1.07 bits per heavy atom. The zero-order chi connectivity index (χ0) is 19.4. The Kier molecular flexibility index (Phi) is 3.72. The number of nitriles is 1. The molecule has 0 aliphatic heterocycles. The second kappa shape index (κ2) is 6.33. The van der Waals surface area contributed by atoms with Crippen LogP contribution in [-0.4, -0.2) is 20.9 Å². The van der Waals surface area contributed by atoms with Crippen LogP contribution in [0.4, 0.5) is 0 Å². The van der Waals surface area contributed by atoms with Gasteiger partial charge in [0, 0.05) is 0 Å². The minimum absolute atomic E-state index is 0.0717. The fourth-order valence-electron chi connectivity index (χ4n) is 5.09. The summed E-state index contributed by atoms with van der Waals surface area (Å²) in [7, 11) is 0. The van der Waals surface area contributed by atoms with Crippen LogP contribution >= 0.6 is 0 Å². The predicted octanol–water partition coefficient (Wildman–Crippen LogP) is 4.69. The Balaban J connectivity index is 1.68. The first kappa shape index (κ1) is 17.1. The number of benzene rings is 4. The first-order chi connectivity index (χ1) is 14.3. The van der Waals surface area contributed by atoms with Crippen LogP contribution in [0.2, 0.25) is 0 Å². The molecule has 0 saturated carbocycles. The van der Waals surface area contributed by atoms with E-state index in [2.05, 4.69) is 91.0 Å². The second-order valence-electron chi connectivity index (χ2n) is 7.61. The quantitative estimate of drug-likeness (QED) is 0.380. The van der Waals surface area contributed by atoms with Crippen molar-refractivity contribution in [2.75, 3.05) is 0 Å². The normalized spacial score (nSPS) is 20.3. The molecule has 4 aromatic carbocycles. The van der Waals surface area contributed by atoms with Crippen LogP contribution in [-0.2, 0) is 3.46 Å². The molecule has 0 unspecified atom stereocenters. The van der Waals surface area contributed by atoms with Crippen molar-refractivity contribution in [2.45, 2.75) is 9.38 Å². The van der Waals surface area contributed by atoms with E-state index in [1.807, 2.05) is 12.1 Å². The molecular formula is C27H17NTe. The van der Waals surface area contributed by atoms with Gasteiger partial charge in [-0.15, -0.1) is 0 Å². The zero-order valence-electron chi connectivity index (χ0n) is 15.7. The van der Waals surface area contributed by atoms with Gasteiger partial charge in [-0.2, -0.15) is 0 Å². The summed E-state index contributed by atoms with van der Waals surface area (Å²) in [6, 6.07) is 37.7. The molecule has 0 saturated heterocycles. The molecule has 0 heterocycles. The molecule has 2 heteroatoms. The van der Waals surface area contributed by atoms with E-state index < -0.39 is 20.9 Å². The van der Waals surface area contributed by atoms with Crippen LogP contribution in [0, 0.1) is 11.3 Å². The predicted molar refractivity (Wildman–Crippen MR) is 117 cm³/mol. The van der Waals surface area contributed by atoms with E-state index >= 15 is 0 Å². The van der Waals surface area contributed by atoms with Gasteiger partial charge in [-0.25, -0.2) is 0 Å².